The second-order valence-electron chi connectivity index (χ2n) is 8.33. The van der Waals surface area contributed by atoms with Gasteiger partial charge in [0.25, 0.3) is 0 Å². The van der Waals surface area contributed by atoms with E-state index in [2.05, 4.69) is 22.0 Å². The quantitative estimate of drug-likeness (QED) is 0.558. The number of hydrogen-bond donors (Lipinski definition) is 0. The standard InChI is InChI=1S/C25H31N5O2/c1-29(2)23-15-21(27-25(28-23)18-10-12-26-13-11-18)19-8-6-14-30(16-19)17-20-7-5-9-22(31-3)24(20)32-4/h5,7,9-13,15,19H,6,8,14,16-17H2,1-4H3/t19-/m1/s1. The van der Waals surface area contributed by atoms with E-state index in [9.17, 15) is 0 Å². The van der Waals surface area contributed by atoms with Crippen LogP contribution in [0.15, 0.2) is 48.8 Å². The minimum Gasteiger partial charge on any atom is -0.493 e. The highest BCUT2D eigenvalue weighted by Crippen LogP contribution is 2.34. The number of aromatic nitrogens is 3. The first kappa shape index (κ1) is 22.0. The van der Waals surface area contributed by atoms with Gasteiger partial charge < -0.3 is 14.4 Å². The van der Waals surface area contributed by atoms with Crippen LogP contribution in [0.5, 0.6) is 11.5 Å². The molecule has 0 radical (unpaired) electrons. The van der Waals surface area contributed by atoms with Crippen LogP contribution in [0.1, 0.15) is 30.0 Å². The van der Waals surface area contributed by atoms with Crippen LogP contribution < -0.4 is 14.4 Å². The fourth-order valence-corrected chi connectivity index (χ4v) is 4.28. The number of rotatable bonds is 7. The normalized spacial score (nSPS) is 16.6. The van der Waals surface area contributed by atoms with E-state index in [1.807, 2.05) is 43.3 Å². The Morgan fingerprint density at radius 1 is 1.06 bits per heavy atom. The molecule has 0 aliphatic carbocycles. The summed E-state index contributed by atoms with van der Waals surface area (Å²) in [5.74, 6) is 3.61. The summed E-state index contributed by atoms with van der Waals surface area (Å²) in [4.78, 5) is 18.4. The Hall–Kier alpha value is -3.19. The van der Waals surface area contributed by atoms with E-state index in [1.165, 1.54) is 0 Å². The molecule has 1 fully saturated rings. The molecular weight excluding hydrogens is 402 g/mol. The van der Waals surface area contributed by atoms with Crippen LogP contribution in [0.25, 0.3) is 11.4 Å². The van der Waals surface area contributed by atoms with Crippen molar-refractivity contribution in [1.82, 2.24) is 19.9 Å². The van der Waals surface area contributed by atoms with Crippen LogP contribution in [-0.4, -0.2) is 61.3 Å². The van der Waals surface area contributed by atoms with Gasteiger partial charge in [0.1, 0.15) is 5.82 Å². The SMILES string of the molecule is COc1cccc(CN2CCC[C@@H](c3cc(N(C)C)nc(-c4ccncc4)n3)C2)c1OC. The van der Waals surface area contributed by atoms with Crippen molar-refractivity contribution < 1.29 is 9.47 Å². The van der Waals surface area contributed by atoms with E-state index in [4.69, 9.17) is 19.4 Å². The Bertz CT molecular complexity index is 1040. The van der Waals surface area contributed by atoms with E-state index in [1.54, 1.807) is 26.6 Å². The molecule has 168 valence electrons. The highest BCUT2D eigenvalue weighted by molar-refractivity contribution is 5.57. The highest BCUT2D eigenvalue weighted by atomic mass is 16.5. The smallest absolute Gasteiger partial charge is 0.165 e. The van der Waals surface area contributed by atoms with Gasteiger partial charge in [-0.15, -0.1) is 0 Å². The number of ether oxygens (including phenoxy) is 2. The van der Waals surface area contributed by atoms with Crippen molar-refractivity contribution in [1.29, 1.82) is 0 Å². The summed E-state index contributed by atoms with van der Waals surface area (Å²) in [7, 11) is 7.41. The van der Waals surface area contributed by atoms with E-state index in [-0.39, 0.29) is 0 Å². The Morgan fingerprint density at radius 2 is 1.88 bits per heavy atom. The zero-order chi connectivity index (χ0) is 22.5. The highest BCUT2D eigenvalue weighted by Gasteiger charge is 2.25. The molecule has 0 N–H and O–H groups in total. The van der Waals surface area contributed by atoms with Gasteiger partial charge in [-0.2, -0.15) is 0 Å². The number of methoxy groups -OCH3 is 2. The first-order valence-corrected chi connectivity index (χ1v) is 11.0. The molecule has 1 saturated heterocycles. The summed E-state index contributed by atoms with van der Waals surface area (Å²) in [5.41, 5.74) is 3.22. The molecule has 0 saturated carbocycles. The number of para-hydroxylation sites is 1. The fraction of sp³-hybridized carbons (Fsp3) is 0.400. The molecule has 1 aromatic carbocycles. The summed E-state index contributed by atoms with van der Waals surface area (Å²) >= 11 is 0. The molecule has 1 aliphatic rings. The molecule has 7 heteroatoms. The summed E-state index contributed by atoms with van der Waals surface area (Å²) < 4.78 is 11.1. The van der Waals surface area contributed by atoms with Crippen LogP contribution >= 0.6 is 0 Å². The Kier molecular flexibility index (Phi) is 6.85. The lowest BCUT2D eigenvalue weighted by Gasteiger charge is -2.33. The molecule has 32 heavy (non-hydrogen) atoms. The molecule has 7 nitrogen and oxygen atoms in total. The Balaban J connectivity index is 1.59. The molecular formula is C25H31N5O2. The van der Waals surface area contributed by atoms with Crippen molar-refractivity contribution in [2.24, 2.45) is 0 Å². The number of anilines is 1. The summed E-state index contributed by atoms with van der Waals surface area (Å²) in [5, 5.41) is 0. The number of likely N-dealkylation sites (tertiary alicyclic amines) is 1. The lowest BCUT2D eigenvalue weighted by Crippen LogP contribution is -2.34. The van der Waals surface area contributed by atoms with Crippen molar-refractivity contribution in [2.75, 3.05) is 46.3 Å². The second-order valence-corrected chi connectivity index (χ2v) is 8.33. The summed E-state index contributed by atoms with van der Waals surface area (Å²) in [6.45, 7) is 2.82. The third-order valence-electron chi connectivity index (χ3n) is 5.93. The minimum atomic E-state index is 0.350. The van der Waals surface area contributed by atoms with Crippen LogP contribution in [0.2, 0.25) is 0 Å². The monoisotopic (exact) mass is 433 g/mol. The topological polar surface area (TPSA) is 63.6 Å². The average Bonchev–Trinajstić information content (AvgIpc) is 2.84. The zero-order valence-electron chi connectivity index (χ0n) is 19.3. The van der Waals surface area contributed by atoms with Gasteiger partial charge in [0.2, 0.25) is 0 Å². The molecule has 0 amide bonds. The third-order valence-corrected chi connectivity index (χ3v) is 5.93. The van der Waals surface area contributed by atoms with Crippen molar-refractivity contribution in [3.63, 3.8) is 0 Å². The van der Waals surface area contributed by atoms with E-state index in [0.29, 0.717) is 5.92 Å². The van der Waals surface area contributed by atoms with Gasteiger partial charge in [0.05, 0.1) is 19.9 Å². The van der Waals surface area contributed by atoms with Crippen LogP contribution in [0.4, 0.5) is 5.82 Å². The van der Waals surface area contributed by atoms with Gasteiger partial charge in [0, 0.05) is 62.7 Å². The number of piperidine rings is 1. The third kappa shape index (κ3) is 4.83. The second kappa shape index (κ2) is 9.96. The van der Waals surface area contributed by atoms with Crippen LogP contribution in [0.3, 0.4) is 0 Å². The maximum absolute atomic E-state index is 5.64. The minimum absolute atomic E-state index is 0.350. The molecule has 0 bridgehead atoms. The largest absolute Gasteiger partial charge is 0.493 e. The molecule has 0 unspecified atom stereocenters. The molecule has 4 rings (SSSR count). The van der Waals surface area contributed by atoms with Gasteiger partial charge in [-0.25, -0.2) is 9.97 Å². The van der Waals surface area contributed by atoms with Crippen molar-refractivity contribution in [3.05, 3.63) is 60.0 Å². The molecule has 1 aliphatic heterocycles. The van der Waals surface area contributed by atoms with Gasteiger partial charge >= 0.3 is 0 Å². The average molecular weight is 434 g/mol. The van der Waals surface area contributed by atoms with Crippen molar-refractivity contribution in [2.45, 2.75) is 25.3 Å². The van der Waals surface area contributed by atoms with Gasteiger partial charge in [-0.05, 0) is 37.6 Å². The summed E-state index contributed by atoms with van der Waals surface area (Å²) in [6, 6.07) is 12.1. The summed E-state index contributed by atoms with van der Waals surface area (Å²) in [6.07, 6.45) is 5.81. The van der Waals surface area contributed by atoms with E-state index < -0.39 is 0 Å². The Labute approximate surface area is 190 Å². The van der Waals surface area contributed by atoms with E-state index >= 15 is 0 Å². The van der Waals surface area contributed by atoms with E-state index in [0.717, 1.165) is 72.4 Å². The number of nitrogens with zero attached hydrogens (tertiary/aromatic N) is 5. The first-order chi connectivity index (χ1) is 15.6. The first-order valence-electron chi connectivity index (χ1n) is 11.0. The number of benzene rings is 1. The van der Waals surface area contributed by atoms with Crippen LogP contribution in [0, 0.1) is 0 Å². The van der Waals surface area contributed by atoms with Gasteiger partial charge in [-0.3, -0.25) is 9.88 Å². The number of pyridine rings is 1. The van der Waals surface area contributed by atoms with Gasteiger partial charge in [0.15, 0.2) is 17.3 Å². The predicted octanol–water partition coefficient (Wildman–Crippen LogP) is 4.00. The molecule has 3 heterocycles. The van der Waals surface area contributed by atoms with Crippen LogP contribution in [-0.2, 0) is 6.54 Å². The molecule has 2 aromatic heterocycles. The fourth-order valence-electron chi connectivity index (χ4n) is 4.28. The maximum Gasteiger partial charge on any atom is 0.165 e. The lowest BCUT2D eigenvalue weighted by atomic mass is 9.93. The Morgan fingerprint density at radius 3 is 2.59 bits per heavy atom. The van der Waals surface area contributed by atoms with Gasteiger partial charge in [-0.1, -0.05) is 12.1 Å². The molecule has 3 aromatic rings. The molecule has 1 atom stereocenters. The maximum atomic E-state index is 5.64. The zero-order valence-corrected chi connectivity index (χ0v) is 19.3. The molecule has 0 spiro atoms. The van der Waals surface area contributed by atoms with Crippen molar-refractivity contribution >= 4 is 5.82 Å². The number of hydrogen-bond acceptors (Lipinski definition) is 7. The lowest BCUT2D eigenvalue weighted by molar-refractivity contribution is 0.196. The predicted molar refractivity (Wildman–Crippen MR) is 126 cm³/mol. The van der Waals surface area contributed by atoms with Crippen molar-refractivity contribution in [3.8, 4) is 22.9 Å².